The minimum Gasteiger partial charge on any atom is -0.286 e. The van der Waals surface area contributed by atoms with Crippen molar-refractivity contribution >= 4 is 11.6 Å². The van der Waals surface area contributed by atoms with Gasteiger partial charge < -0.3 is 0 Å². The van der Waals surface area contributed by atoms with E-state index in [2.05, 4.69) is 10.5 Å². The quantitative estimate of drug-likeness (QED) is 0.548. The van der Waals surface area contributed by atoms with E-state index in [9.17, 15) is 4.79 Å². The van der Waals surface area contributed by atoms with Gasteiger partial charge in [-0.25, -0.2) is 5.84 Å². The molecule has 5 heteroatoms. The van der Waals surface area contributed by atoms with Crippen molar-refractivity contribution in [2.75, 3.05) is 0 Å². The van der Waals surface area contributed by atoms with E-state index >= 15 is 0 Å². The zero-order valence-corrected chi connectivity index (χ0v) is 11.4. The number of rotatable bonds is 1. The van der Waals surface area contributed by atoms with Gasteiger partial charge in [0, 0.05) is 5.92 Å². The van der Waals surface area contributed by atoms with E-state index in [0.717, 1.165) is 11.8 Å². The average Bonchev–Trinajstić information content (AvgIpc) is 2.37. The van der Waals surface area contributed by atoms with Crippen molar-refractivity contribution in [2.24, 2.45) is 40.5 Å². The van der Waals surface area contributed by atoms with Gasteiger partial charge in [-0.2, -0.15) is 5.10 Å². The number of hydrazine groups is 1. The van der Waals surface area contributed by atoms with Crippen LogP contribution in [0.1, 0.15) is 39.0 Å². The molecule has 19 heavy (non-hydrogen) atoms. The lowest BCUT2D eigenvalue weighted by Gasteiger charge is -2.54. The summed E-state index contributed by atoms with van der Waals surface area (Å²) >= 11 is 0. The summed E-state index contributed by atoms with van der Waals surface area (Å²) in [6.45, 7) is 1.86. The Morgan fingerprint density at radius 3 is 2.32 bits per heavy atom. The molecule has 0 radical (unpaired) electrons. The van der Waals surface area contributed by atoms with Crippen molar-refractivity contribution in [3.8, 4) is 0 Å². The second kappa shape index (κ2) is 3.95. The molecule has 0 aromatic carbocycles. The molecule has 0 saturated heterocycles. The molecule has 0 spiro atoms. The Hall–Kier alpha value is -1.10. The Morgan fingerprint density at radius 2 is 1.74 bits per heavy atom. The highest BCUT2D eigenvalue weighted by Crippen LogP contribution is 2.57. The number of carbonyl (C=O) groups excluding carboxylic acids is 1. The normalized spacial score (nSPS) is 48.2. The van der Waals surface area contributed by atoms with Crippen molar-refractivity contribution < 1.29 is 4.79 Å². The number of amides is 1. The van der Waals surface area contributed by atoms with Crippen LogP contribution in [0.4, 0.5) is 0 Å². The van der Waals surface area contributed by atoms with Crippen LogP contribution in [0.5, 0.6) is 0 Å². The van der Waals surface area contributed by atoms with E-state index in [1.54, 1.807) is 0 Å². The monoisotopic (exact) mass is 262 g/mol. The van der Waals surface area contributed by atoms with Gasteiger partial charge >= 0.3 is 0 Å². The minimum atomic E-state index is -0.201. The summed E-state index contributed by atoms with van der Waals surface area (Å²) in [6.07, 6.45) is 6.41. The number of nitrogens with zero attached hydrogens (tertiary/aromatic N) is 2. The molecule has 0 aromatic rings. The molecule has 5 aliphatic rings. The molecule has 4 aliphatic carbocycles. The fraction of sp³-hybridized carbons (Fsp3) is 0.857. The Morgan fingerprint density at radius 1 is 1.16 bits per heavy atom. The first-order valence-corrected chi connectivity index (χ1v) is 7.55. The lowest BCUT2D eigenvalue weighted by molar-refractivity contribution is -0.129. The molecule has 5 rings (SSSR count). The molecule has 4 bridgehead atoms. The zero-order chi connectivity index (χ0) is 13.1. The highest BCUT2D eigenvalue weighted by atomic mass is 16.2. The van der Waals surface area contributed by atoms with Crippen molar-refractivity contribution in [1.82, 2.24) is 10.4 Å². The zero-order valence-electron chi connectivity index (χ0n) is 11.4. The van der Waals surface area contributed by atoms with Gasteiger partial charge in [0.25, 0.3) is 5.91 Å². The van der Waals surface area contributed by atoms with Crippen LogP contribution in [0.15, 0.2) is 5.10 Å². The molecule has 1 amide bonds. The molecule has 1 heterocycles. The van der Waals surface area contributed by atoms with E-state index in [-0.39, 0.29) is 12.1 Å². The largest absolute Gasteiger partial charge is 0.286 e. The number of nitrogens with one attached hydrogen (secondary N) is 1. The molecule has 0 aromatic heterocycles. The second-order valence-electron chi connectivity index (χ2n) is 6.97. The number of hydrogen-bond acceptors (Lipinski definition) is 4. The van der Waals surface area contributed by atoms with Crippen LogP contribution in [0.3, 0.4) is 0 Å². The molecule has 3 N–H and O–H groups in total. The third-order valence-electron chi connectivity index (χ3n) is 5.79. The van der Waals surface area contributed by atoms with E-state index in [0.29, 0.717) is 23.5 Å². The lowest BCUT2D eigenvalue weighted by Crippen LogP contribution is -2.60. The third kappa shape index (κ3) is 1.64. The molecule has 1 atom stereocenters. The van der Waals surface area contributed by atoms with Crippen LogP contribution in [0.2, 0.25) is 0 Å². The van der Waals surface area contributed by atoms with E-state index in [4.69, 9.17) is 5.84 Å². The van der Waals surface area contributed by atoms with Crippen LogP contribution in [0, 0.1) is 29.6 Å². The van der Waals surface area contributed by atoms with Crippen molar-refractivity contribution in [1.29, 1.82) is 0 Å². The lowest BCUT2D eigenvalue weighted by atomic mass is 9.51. The van der Waals surface area contributed by atoms with Gasteiger partial charge in [0.2, 0.25) is 0 Å². The van der Waals surface area contributed by atoms with Crippen molar-refractivity contribution in [2.45, 2.75) is 45.2 Å². The first-order chi connectivity index (χ1) is 9.13. The van der Waals surface area contributed by atoms with Crippen molar-refractivity contribution in [3.63, 3.8) is 0 Å². The van der Waals surface area contributed by atoms with Crippen LogP contribution in [-0.2, 0) is 4.79 Å². The summed E-state index contributed by atoms with van der Waals surface area (Å²) in [5.41, 5.74) is 3.69. The molecule has 5 nitrogen and oxygen atoms in total. The van der Waals surface area contributed by atoms with Crippen LogP contribution in [-0.4, -0.2) is 22.8 Å². The molecule has 1 aliphatic heterocycles. The van der Waals surface area contributed by atoms with Gasteiger partial charge in [0.1, 0.15) is 11.9 Å². The Labute approximate surface area is 113 Å². The maximum atomic E-state index is 12.4. The van der Waals surface area contributed by atoms with Gasteiger partial charge in [0.05, 0.1) is 0 Å². The van der Waals surface area contributed by atoms with E-state index in [1.165, 1.54) is 37.1 Å². The SMILES string of the molecule is CC1NN=C(C2C3CC4CC(C3)CC2C4)C(=O)N1N. The molecular weight excluding hydrogens is 240 g/mol. The predicted molar refractivity (Wildman–Crippen MR) is 71.6 cm³/mol. The van der Waals surface area contributed by atoms with Gasteiger partial charge in [0.15, 0.2) is 0 Å². The second-order valence-corrected chi connectivity index (χ2v) is 6.97. The molecule has 1 unspecified atom stereocenters. The predicted octanol–water partition coefficient (Wildman–Crippen LogP) is 1.07. The highest BCUT2D eigenvalue weighted by molar-refractivity contribution is 6.39. The summed E-state index contributed by atoms with van der Waals surface area (Å²) in [7, 11) is 0. The first kappa shape index (κ1) is 11.7. The number of hydrazone groups is 1. The van der Waals surface area contributed by atoms with Gasteiger partial charge in [-0.05, 0) is 62.7 Å². The summed E-state index contributed by atoms with van der Waals surface area (Å²) in [6, 6.07) is 0. The summed E-state index contributed by atoms with van der Waals surface area (Å²) in [5, 5.41) is 5.68. The topological polar surface area (TPSA) is 70.7 Å². The maximum absolute atomic E-state index is 12.4. The fourth-order valence-electron chi connectivity index (χ4n) is 5.17. The highest BCUT2D eigenvalue weighted by Gasteiger charge is 2.52. The Kier molecular flexibility index (Phi) is 2.43. The Bertz CT molecular complexity index is 419. The smallest absolute Gasteiger partial charge is 0.286 e. The number of nitrogens with two attached hydrogens (primary N) is 1. The molecule has 104 valence electrons. The van der Waals surface area contributed by atoms with E-state index in [1.807, 2.05) is 6.92 Å². The van der Waals surface area contributed by atoms with Crippen LogP contribution >= 0.6 is 0 Å². The van der Waals surface area contributed by atoms with Gasteiger partial charge in [-0.1, -0.05) is 0 Å². The minimum absolute atomic E-state index is 0.0660. The van der Waals surface area contributed by atoms with E-state index < -0.39 is 0 Å². The standard InChI is InChI=1S/C14H22N4O/c1-7-16-17-13(14(19)18(7)15)12-10-3-8-2-9(5-10)6-11(12)4-8/h7-12,16H,2-6,15H2,1H3. The van der Waals surface area contributed by atoms with Crippen molar-refractivity contribution in [3.05, 3.63) is 0 Å². The molecule has 4 saturated carbocycles. The average molecular weight is 262 g/mol. The van der Waals surface area contributed by atoms with Crippen LogP contribution in [0.25, 0.3) is 0 Å². The molecule has 4 fully saturated rings. The van der Waals surface area contributed by atoms with Gasteiger partial charge in [-0.3, -0.25) is 15.2 Å². The van der Waals surface area contributed by atoms with Gasteiger partial charge in [-0.15, -0.1) is 0 Å². The number of hydrogen-bond donors (Lipinski definition) is 2. The molecular formula is C14H22N4O. The summed E-state index contributed by atoms with van der Waals surface area (Å²) in [4.78, 5) is 12.4. The summed E-state index contributed by atoms with van der Waals surface area (Å²) in [5.74, 6) is 9.30. The first-order valence-electron chi connectivity index (χ1n) is 7.55. The maximum Gasteiger partial charge on any atom is 0.286 e. The van der Waals surface area contributed by atoms with Crippen LogP contribution < -0.4 is 11.3 Å². The summed E-state index contributed by atoms with van der Waals surface area (Å²) < 4.78 is 0. The Balaban J connectivity index is 1.64. The number of carbonyl (C=O) groups is 1. The fourth-order valence-corrected chi connectivity index (χ4v) is 5.17. The third-order valence-corrected chi connectivity index (χ3v) is 5.79.